The lowest BCUT2D eigenvalue weighted by Gasteiger charge is -1.98. The summed E-state index contributed by atoms with van der Waals surface area (Å²) < 4.78 is 33.5. The summed E-state index contributed by atoms with van der Waals surface area (Å²) in [6, 6.07) is 5.84. The summed E-state index contributed by atoms with van der Waals surface area (Å²) in [5.41, 5.74) is 0.756. The van der Waals surface area contributed by atoms with Crippen LogP contribution in [-0.2, 0) is 15.5 Å². The van der Waals surface area contributed by atoms with Crippen LogP contribution in [0, 0.1) is 0 Å². The minimum atomic E-state index is -3.66. The molecule has 0 spiro atoms. The number of alkyl halides is 1. The fourth-order valence-corrected chi connectivity index (χ4v) is 1.70. The maximum absolute atomic E-state index is 11.9. The van der Waals surface area contributed by atoms with E-state index in [4.69, 9.17) is 10.7 Å². The van der Waals surface area contributed by atoms with Crippen LogP contribution in [-0.4, -0.2) is 15.1 Å². The van der Waals surface area contributed by atoms with Crippen LogP contribution in [0.1, 0.15) is 5.56 Å². The van der Waals surface area contributed by atoms with E-state index in [0.29, 0.717) is 6.42 Å². The molecule has 0 radical (unpaired) electrons. The Morgan fingerprint density at radius 3 is 2.15 bits per heavy atom. The second kappa shape index (κ2) is 4.07. The van der Waals surface area contributed by atoms with Crippen LogP contribution in [0.5, 0.6) is 0 Å². The summed E-state index contributed by atoms with van der Waals surface area (Å²) >= 11 is 0. The topological polar surface area (TPSA) is 34.1 Å². The zero-order chi connectivity index (χ0) is 9.90. The highest BCUT2D eigenvalue weighted by Crippen LogP contribution is 2.15. The lowest BCUT2D eigenvalue weighted by atomic mass is 10.2. The van der Waals surface area contributed by atoms with Gasteiger partial charge in [0, 0.05) is 17.1 Å². The number of aryl methyl sites for hydroxylation is 1. The molecule has 0 aliphatic carbocycles. The van der Waals surface area contributed by atoms with Gasteiger partial charge in [-0.2, -0.15) is 0 Å². The fourth-order valence-electron chi connectivity index (χ4n) is 0.928. The lowest BCUT2D eigenvalue weighted by molar-refractivity contribution is 0.495. The van der Waals surface area contributed by atoms with Gasteiger partial charge in [0.2, 0.25) is 0 Å². The van der Waals surface area contributed by atoms with Crippen LogP contribution in [0.15, 0.2) is 29.2 Å². The predicted molar refractivity (Wildman–Crippen MR) is 49.2 cm³/mol. The van der Waals surface area contributed by atoms with Crippen molar-refractivity contribution in [2.45, 2.75) is 11.3 Å². The molecule has 0 saturated carbocycles. The molecule has 2 nitrogen and oxygen atoms in total. The van der Waals surface area contributed by atoms with Crippen LogP contribution < -0.4 is 0 Å². The fraction of sp³-hybridized carbons (Fsp3) is 0.250. The van der Waals surface area contributed by atoms with Crippen LogP contribution in [0.25, 0.3) is 0 Å². The Labute approximate surface area is 80.8 Å². The molecule has 0 amide bonds. The Balaban J connectivity index is 2.94. The Morgan fingerprint density at radius 2 is 1.77 bits per heavy atom. The first-order valence-electron chi connectivity index (χ1n) is 3.63. The first-order valence-corrected chi connectivity index (χ1v) is 5.94. The summed E-state index contributed by atoms with van der Waals surface area (Å²) in [5, 5.41) is 0. The van der Waals surface area contributed by atoms with E-state index in [9.17, 15) is 12.8 Å². The molecule has 0 aliphatic rings. The normalized spacial score (nSPS) is 11.5. The van der Waals surface area contributed by atoms with Gasteiger partial charge in [0.1, 0.15) is 0 Å². The van der Waals surface area contributed by atoms with E-state index in [-0.39, 0.29) is 4.90 Å². The van der Waals surface area contributed by atoms with Crippen molar-refractivity contribution in [3.8, 4) is 0 Å². The van der Waals surface area contributed by atoms with Crippen molar-refractivity contribution in [3.63, 3.8) is 0 Å². The number of hydrogen-bond acceptors (Lipinski definition) is 2. The van der Waals surface area contributed by atoms with Crippen LogP contribution in [0.2, 0.25) is 0 Å². The molecule has 1 aromatic carbocycles. The van der Waals surface area contributed by atoms with E-state index >= 15 is 0 Å². The third-order valence-electron chi connectivity index (χ3n) is 1.59. The maximum atomic E-state index is 11.9. The minimum absolute atomic E-state index is 0.0387. The molecule has 1 aromatic rings. The van der Waals surface area contributed by atoms with E-state index in [1.807, 2.05) is 0 Å². The molecular weight excluding hydrogens is 215 g/mol. The van der Waals surface area contributed by atoms with Crippen molar-refractivity contribution in [2.75, 3.05) is 6.67 Å². The predicted octanol–water partition coefficient (Wildman–Crippen LogP) is 2.13. The Bertz CT molecular complexity index is 372. The van der Waals surface area contributed by atoms with E-state index < -0.39 is 15.7 Å². The molecule has 5 heteroatoms. The second-order valence-electron chi connectivity index (χ2n) is 2.52. The summed E-state index contributed by atoms with van der Waals surface area (Å²) in [6.45, 7) is -0.451. The summed E-state index contributed by atoms with van der Waals surface area (Å²) in [4.78, 5) is 0.0387. The van der Waals surface area contributed by atoms with Gasteiger partial charge in [-0.1, -0.05) is 12.1 Å². The minimum Gasteiger partial charge on any atom is -0.251 e. The smallest absolute Gasteiger partial charge is 0.251 e. The molecule has 0 saturated heterocycles. The highest BCUT2D eigenvalue weighted by Gasteiger charge is 2.08. The molecule has 0 bridgehead atoms. The molecule has 0 heterocycles. The van der Waals surface area contributed by atoms with Crippen LogP contribution in [0.4, 0.5) is 4.39 Å². The molecule has 13 heavy (non-hydrogen) atoms. The SMILES string of the molecule is O=S(=O)(Cl)c1ccc(CCF)cc1. The summed E-state index contributed by atoms with van der Waals surface area (Å²) in [7, 11) is 1.43. The zero-order valence-electron chi connectivity index (χ0n) is 6.70. The largest absolute Gasteiger partial charge is 0.261 e. The van der Waals surface area contributed by atoms with Crippen LogP contribution >= 0.6 is 10.7 Å². The summed E-state index contributed by atoms with van der Waals surface area (Å²) in [6.07, 6.45) is 0.294. The molecule has 0 fully saturated rings. The van der Waals surface area contributed by atoms with Gasteiger partial charge < -0.3 is 0 Å². The van der Waals surface area contributed by atoms with Gasteiger partial charge in [0.05, 0.1) is 11.6 Å². The second-order valence-corrected chi connectivity index (χ2v) is 5.09. The first kappa shape index (κ1) is 10.5. The van der Waals surface area contributed by atoms with Gasteiger partial charge in [-0.05, 0) is 17.7 Å². The van der Waals surface area contributed by atoms with Gasteiger partial charge >= 0.3 is 0 Å². The molecule has 0 atom stereocenters. The highest BCUT2D eigenvalue weighted by molar-refractivity contribution is 8.13. The van der Waals surface area contributed by atoms with E-state index in [1.54, 1.807) is 12.1 Å². The van der Waals surface area contributed by atoms with Crippen molar-refractivity contribution < 1.29 is 12.8 Å². The Kier molecular flexibility index (Phi) is 3.27. The van der Waals surface area contributed by atoms with Gasteiger partial charge in [-0.15, -0.1) is 0 Å². The molecule has 0 N–H and O–H groups in total. The molecule has 1 rings (SSSR count). The molecular formula is C8H8ClFO2S. The van der Waals surface area contributed by atoms with Gasteiger partial charge in [0.15, 0.2) is 0 Å². The lowest BCUT2D eigenvalue weighted by Crippen LogP contribution is -1.92. The monoisotopic (exact) mass is 222 g/mol. The molecule has 0 aliphatic heterocycles. The highest BCUT2D eigenvalue weighted by atomic mass is 35.7. The average Bonchev–Trinajstić information content (AvgIpc) is 2.04. The first-order chi connectivity index (χ1) is 6.04. The van der Waals surface area contributed by atoms with Crippen molar-refractivity contribution in [2.24, 2.45) is 0 Å². The van der Waals surface area contributed by atoms with Crippen molar-refractivity contribution in [1.82, 2.24) is 0 Å². The zero-order valence-corrected chi connectivity index (χ0v) is 8.28. The van der Waals surface area contributed by atoms with E-state index in [0.717, 1.165) is 5.56 Å². The van der Waals surface area contributed by atoms with E-state index in [2.05, 4.69) is 0 Å². The molecule has 72 valence electrons. The van der Waals surface area contributed by atoms with Crippen molar-refractivity contribution >= 4 is 19.7 Å². The van der Waals surface area contributed by atoms with Gasteiger partial charge in [-0.3, -0.25) is 4.39 Å². The average molecular weight is 223 g/mol. The number of hydrogen-bond donors (Lipinski definition) is 0. The van der Waals surface area contributed by atoms with E-state index in [1.165, 1.54) is 12.1 Å². The standard InChI is InChI=1S/C8H8ClFO2S/c9-13(11,12)8-3-1-7(2-4-8)5-6-10/h1-4H,5-6H2. The molecule has 0 unspecified atom stereocenters. The van der Waals surface area contributed by atoms with Crippen molar-refractivity contribution in [1.29, 1.82) is 0 Å². The quantitative estimate of drug-likeness (QED) is 0.735. The third-order valence-corrected chi connectivity index (χ3v) is 2.96. The number of benzene rings is 1. The van der Waals surface area contributed by atoms with Gasteiger partial charge in [-0.25, -0.2) is 8.42 Å². The Hall–Kier alpha value is -0.610. The van der Waals surface area contributed by atoms with Gasteiger partial charge in [0.25, 0.3) is 9.05 Å². The maximum Gasteiger partial charge on any atom is 0.261 e. The molecule has 0 aromatic heterocycles. The summed E-state index contributed by atoms with van der Waals surface area (Å²) in [5.74, 6) is 0. The third kappa shape index (κ3) is 2.97. The number of rotatable bonds is 3. The van der Waals surface area contributed by atoms with Crippen molar-refractivity contribution in [3.05, 3.63) is 29.8 Å². The number of halogens is 2. The Morgan fingerprint density at radius 1 is 1.23 bits per heavy atom. The van der Waals surface area contributed by atoms with Crippen LogP contribution in [0.3, 0.4) is 0 Å².